The number of aryl methyl sites for hydroxylation is 2. The number of sulfonamides is 1. The molecule has 0 saturated heterocycles. The number of nitrogens with one attached hydrogen (secondary N) is 1. The van der Waals surface area contributed by atoms with Crippen LogP contribution in [-0.2, 0) is 14.8 Å². The Hall–Kier alpha value is -2.74. The zero-order valence-electron chi connectivity index (χ0n) is 18.8. The molecule has 0 radical (unpaired) electrons. The summed E-state index contributed by atoms with van der Waals surface area (Å²) in [5.41, 5.74) is 2.90. The predicted octanol–water partition coefficient (Wildman–Crippen LogP) is 3.44. The van der Waals surface area contributed by atoms with Gasteiger partial charge in [-0.1, -0.05) is 6.07 Å². The van der Waals surface area contributed by atoms with Crippen LogP contribution in [0, 0.1) is 13.8 Å². The summed E-state index contributed by atoms with van der Waals surface area (Å²) in [6.45, 7) is 6.52. The van der Waals surface area contributed by atoms with E-state index in [1.54, 1.807) is 31.4 Å². The van der Waals surface area contributed by atoms with Gasteiger partial charge in [-0.3, -0.25) is 9.10 Å². The lowest BCUT2D eigenvalue weighted by Crippen LogP contribution is -2.37. The minimum absolute atomic E-state index is 0.139. The quantitative estimate of drug-likeness (QED) is 0.569. The molecule has 0 saturated carbocycles. The number of ether oxygens (including phenoxy) is 2. The number of benzene rings is 2. The fourth-order valence-corrected chi connectivity index (χ4v) is 4.00. The van der Waals surface area contributed by atoms with Crippen molar-refractivity contribution in [3.8, 4) is 11.5 Å². The first-order chi connectivity index (χ1) is 14.6. The molecule has 2 aromatic carbocycles. The SMILES string of the molecule is COc1ccc(N(CCCC(=O)NC(C)COc2ccc(C)c(C)c2)S(C)(=O)=O)cc1. The highest BCUT2D eigenvalue weighted by Crippen LogP contribution is 2.22. The molecule has 8 heteroatoms. The van der Waals surface area contributed by atoms with Gasteiger partial charge in [0.1, 0.15) is 18.1 Å². The average molecular weight is 449 g/mol. The highest BCUT2D eigenvalue weighted by atomic mass is 32.2. The third-order valence-electron chi connectivity index (χ3n) is 4.91. The lowest BCUT2D eigenvalue weighted by Gasteiger charge is -2.22. The molecule has 2 aromatic rings. The number of rotatable bonds is 11. The van der Waals surface area contributed by atoms with Crippen LogP contribution < -0.4 is 19.1 Å². The van der Waals surface area contributed by atoms with Gasteiger partial charge in [-0.25, -0.2) is 8.42 Å². The first-order valence-electron chi connectivity index (χ1n) is 10.2. The van der Waals surface area contributed by atoms with Crippen LogP contribution in [0.1, 0.15) is 30.9 Å². The van der Waals surface area contributed by atoms with Gasteiger partial charge in [-0.15, -0.1) is 0 Å². The van der Waals surface area contributed by atoms with Gasteiger partial charge >= 0.3 is 0 Å². The number of carbonyl (C=O) groups excluding carboxylic acids is 1. The third kappa shape index (κ3) is 7.79. The van der Waals surface area contributed by atoms with Crippen LogP contribution in [0.4, 0.5) is 5.69 Å². The van der Waals surface area contributed by atoms with E-state index in [4.69, 9.17) is 9.47 Å². The first-order valence-corrected chi connectivity index (χ1v) is 12.1. The van der Waals surface area contributed by atoms with Crippen LogP contribution in [0.5, 0.6) is 11.5 Å². The smallest absolute Gasteiger partial charge is 0.232 e. The summed E-state index contributed by atoms with van der Waals surface area (Å²) >= 11 is 0. The average Bonchev–Trinajstić information content (AvgIpc) is 2.71. The van der Waals surface area contributed by atoms with E-state index >= 15 is 0 Å². The zero-order valence-corrected chi connectivity index (χ0v) is 19.7. The Kier molecular flexibility index (Phi) is 8.74. The molecule has 31 heavy (non-hydrogen) atoms. The Balaban J connectivity index is 1.82. The van der Waals surface area contributed by atoms with Crippen molar-refractivity contribution in [3.05, 3.63) is 53.6 Å². The van der Waals surface area contributed by atoms with Gasteiger partial charge in [0.05, 0.1) is 25.1 Å². The number of methoxy groups -OCH3 is 1. The molecule has 170 valence electrons. The topological polar surface area (TPSA) is 84.9 Å². The normalized spacial score (nSPS) is 12.2. The van der Waals surface area contributed by atoms with E-state index in [-0.39, 0.29) is 24.9 Å². The van der Waals surface area contributed by atoms with E-state index in [9.17, 15) is 13.2 Å². The predicted molar refractivity (Wildman–Crippen MR) is 123 cm³/mol. The van der Waals surface area contributed by atoms with Crippen LogP contribution in [0.2, 0.25) is 0 Å². The van der Waals surface area contributed by atoms with Gasteiger partial charge in [-0.2, -0.15) is 0 Å². The largest absolute Gasteiger partial charge is 0.497 e. The molecule has 0 heterocycles. The summed E-state index contributed by atoms with van der Waals surface area (Å²) in [4.78, 5) is 12.3. The van der Waals surface area contributed by atoms with Gasteiger partial charge in [0.2, 0.25) is 15.9 Å². The Labute approximate surface area is 185 Å². The van der Waals surface area contributed by atoms with E-state index in [0.29, 0.717) is 24.5 Å². The molecule has 1 atom stereocenters. The fourth-order valence-electron chi connectivity index (χ4n) is 3.03. The molecule has 2 rings (SSSR count). The van der Waals surface area contributed by atoms with E-state index < -0.39 is 10.0 Å². The van der Waals surface area contributed by atoms with Crippen molar-refractivity contribution in [1.29, 1.82) is 0 Å². The Bertz CT molecular complexity index is 974. The van der Waals surface area contributed by atoms with Gasteiger partial charge in [0.25, 0.3) is 0 Å². The number of anilines is 1. The second kappa shape index (κ2) is 11.0. The minimum Gasteiger partial charge on any atom is -0.497 e. The van der Waals surface area contributed by atoms with Crippen LogP contribution in [0.25, 0.3) is 0 Å². The molecule has 1 unspecified atom stereocenters. The zero-order chi connectivity index (χ0) is 23.0. The first kappa shape index (κ1) is 24.5. The van der Waals surface area contributed by atoms with Crippen LogP contribution in [0.15, 0.2) is 42.5 Å². The third-order valence-corrected chi connectivity index (χ3v) is 6.11. The number of hydrogen-bond donors (Lipinski definition) is 1. The summed E-state index contributed by atoms with van der Waals surface area (Å²) in [7, 11) is -1.91. The van der Waals surface area contributed by atoms with Crippen molar-refractivity contribution in [1.82, 2.24) is 5.32 Å². The Morgan fingerprint density at radius 3 is 2.29 bits per heavy atom. The lowest BCUT2D eigenvalue weighted by atomic mass is 10.1. The molecule has 7 nitrogen and oxygen atoms in total. The number of nitrogens with zero attached hydrogens (tertiary/aromatic N) is 1. The highest BCUT2D eigenvalue weighted by molar-refractivity contribution is 7.92. The molecule has 0 spiro atoms. The highest BCUT2D eigenvalue weighted by Gasteiger charge is 2.18. The summed E-state index contributed by atoms with van der Waals surface area (Å²) in [5.74, 6) is 1.28. The summed E-state index contributed by atoms with van der Waals surface area (Å²) in [5, 5.41) is 2.90. The maximum atomic E-state index is 12.3. The van der Waals surface area contributed by atoms with Gasteiger partial charge in [-0.05, 0) is 74.7 Å². The maximum Gasteiger partial charge on any atom is 0.232 e. The van der Waals surface area contributed by atoms with Crippen molar-refractivity contribution in [3.63, 3.8) is 0 Å². The molecule has 0 fully saturated rings. The molecule has 0 bridgehead atoms. The van der Waals surface area contributed by atoms with E-state index in [1.807, 2.05) is 39.0 Å². The van der Waals surface area contributed by atoms with E-state index in [2.05, 4.69) is 5.32 Å². The minimum atomic E-state index is -3.46. The monoisotopic (exact) mass is 448 g/mol. The maximum absolute atomic E-state index is 12.3. The van der Waals surface area contributed by atoms with E-state index in [0.717, 1.165) is 17.6 Å². The van der Waals surface area contributed by atoms with Crippen molar-refractivity contribution in [2.45, 2.75) is 39.7 Å². The van der Waals surface area contributed by atoms with Crippen LogP contribution in [-0.4, -0.2) is 46.9 Å². The fraction of sp³-hybridized carbons (Fsp3) is 0.435. The van der Waals surface area contributed by atoms with Crippen molar-refractivity contribution >= 4 is 21.6 Å². The Morgan fingerprint density at radius 1 is 1.06 bits per heavy atom. The summed E-state index contributed by atoms with van der Waals surface area (Å²) < 4.78 is 36.5. The number of amides is 1. The van der Waals surface area contributed by atoms with Crippen molar-refractivity contribution in [2.75, 3.05) is 30.8 Å². The van der Waals surface area contributed by atoms with Gasteiger partial charge in [0.15, 0.2) is 0 Å². The standard InChI is InChI=1S/C23H32N2O5S/c1-17-8-11-22(15-18(17)2)30-16-19(3)24-23(26)7-6-14-25(31(5,27)28)20-9-12-21(29-4)13-10-20/h8-13,15,19H,6-7,14,16H2,1-5H3,(H,24,26). The van der Waals surface area contributed by atoms with Crippen LogP contribution in [0.3, 0.4) is 0 Å². The van der Waals surface area contributed by atoms with E-state index in [1.165, 1.54) is 9.87 Å². The summed E-state index contributed by atoms with van der Waals surface area (Å²) in [6.07, 6.45) is 1.77. The molecule has 0 aliphatic heterocycles. The second-order valence-corrected chi connectivity index (χ2v) is 9.57. The Morgan fingerprint density at radius 2 is 1.71 bits per heavy atom. The molecule has 1 amide bonds. The van der Waals surface area contributed by atoms with Gasteiger partial charge < -0.3 is 14.8 Å². The summed E-state index contributed by atoms with van der Waals surface area (Å²) in [6, 6.07) is 12.5. The van der Waals surface area contributed by atoms with Gasteiger partial charge in [0, 0.05) is 13.0 Å². The second-order valence-electron chi connectivity index (χ2n) is 7.66. The van der Waals surface area contributed by atoms with Crippen LogP contribution >= 0.6 is 0 Å². The number of hydrogen-bond acceptors (Lipinski definition) is 5. The van der Waals surface area contributed by atoms with Crippen molar-refractivity contribution in [2.24, 2.45) is 0 Å². The molecular weight excluding hydrogens is 416 g/mol. The molecule has 0 aliphatic carbocycles. The number of carbonyl (C=O) groups is 1. The molecule has 1 N–H and O–H groups in total. The molecular formula is C23H32N2O5S. The molecule has 0 aliphatic rings. The van der Waals surface area contributed by atoms with Crippen molar-refractivity contribution < 1.29 is 22.7 Å². The lowest BCUT2D eigenvalue weighted by molar-refractivity contribution is -0.121. The molecule has 0 aromatic heterocycles.